The van der Waals surface area contributed by atoms with Crippen molar-refractivity contribution in [2.75, 3.05) is 0 Å². The molecule has 2 rings (SSSR count). The van der Waals surface area contributed by atoms with Crippen molar-refractivity contribution in [2.24, 2.45) is 5.41 Å². The smallest absolute Gasteiger partial charge is 0.341 e. The zero-order valence-corrected chi connectivity index (χ0v) is 14.0. The van der Waals surface area contributed by atoms with E-state index in [1.165, 1.54) is 0 Å². The molecule has 2 aromatic heterocycles. The molecule has 1 unspecified atom stereocenters. The average Bonchev–Trinajstić information content (AvgIpc) is 2.92. The van der Waals surface area contributed by atoms with Crippen LogP contribution in [0.5, 0.6) is 5.75 Å². The first-order chi connectivity index (χ1) is 9.90. The lowest BCUT2D eigenvalue weighted by Gasteiger charge is -2.29. The zero-order chi connectivity index (χ0) is 15.5. The van der Waals surface area contributed by atoms with Crippen molar-refractivity contribution in [3.05, 3.63) is 46.6 Å². The third-order valence-electron chi connectivity index (χ3n) is 3.16. The van der Waals surface area contributed by atoms with Gasteiger partial charge in [0.15, 0.2) is 11.9 Å². The number of halogens is 1. The van der Waals surface area contributed by atoms with Gasteiger partial charge in [-0.2, -0.15) is 0 Å². The van der Waals surface area contributed by atoms with Gasteiger partial charge in [0, 0.05) is 30.6 Å². The highest BCUT2D eigenvalue weighted by Crippen LogP contribution is 2.26. The van der Waals surface area contributed by atoms with Gasteiger partial charge in [-0.1, -0.05) is 13.8 Å². The minimum atomic E-state index is -1.23. The Labute approximate surface area is 137 Å². The molecule has 0 bridgehead atoms. The molecule has 5 nitrogen and oxygen atoms in total. The third kappa shape index (κ3) is 4.04. The van der Waals surface area contributed by atoms with Crippen LogP contribution < -0.4 is 4.74 Å². The van der Waals surface area contributed by atoms with Crippen LogP contribution in [0.1, 0.15) is 13.8 Å². The Kier molecular flexibility index (Phi) is 5.00. The lowest BCUT2D eigenvalue weighted by Crippen LogP contribution is -2.41. The normalized spacial score (nSPS) is 13.0. The van der Waals surface area contributed by atoms with Crippen LogP contribution >= 0.6 is 22.6 Å². The van der Waals surface area contributed by atoms with E-state index in [0.29, 0.717) is 16.0 Å². The number of aromatic nitrogens is 2. The van der Waals surface area contributed by atoms with Crippen LogP contribution in [0.3, 0.4) is 0 Å². The van der Waals surface area contributed by atoms with E-state index in [9.17, 15) is 9.90 Å². The van der Waals surface area contributed by atoms with Crippen LogP contribution in [0.2, 0.25) is 0 Å². The molecule has 0 radical (unpaired) electrons. The van der Waals surface area contributed by atoms with Crippen molar-refractivity contribution >= 4 is 28.6 Å². The van der Waals surface area contributed by atoms with Crippen LogP contribution in [0.4, 0.5) is 0 Å². The van der Waals surface area contributed by atoms with Crippen molar-refractivity contribution < 1.29 is 14.6 Å². The van der Waals surface area contributed by atoms with Crippen molar-refractivity contribution in [1.29, 1.82) is 0 Å². The molecule has 2 heterocycles. The SMILES string of the molecule is CC(C)(Cn1cccc1)C(O)C(=O)Oc1cccnc1I. The number of hydrogen-bond donors (Lipinski definition) is 1. The second-order valence-electron chi connectivity index (χ2n) is 5.46. The van der Waals surface area contributed by atoms with Gasteiger partial charge in [-0.05, 0) is 46.9 Å². The number of carbonyl (C=O) groups excluding carboxylic acids is 1. The lowest BCUT2D eigenvalue weighted by molar-refractivity contribution is -0.150. The number of aliphatic hydroxyl groups is 1. The Morgan fingerprint density at radius 3 is 2.71 bits per heavy atom. The Hall–Kier alpha value is -1.41. The molecule has 1 atom stereocenters. The molecule has 112 valence electrons. The van der Waals surface area contributed by atoms with Crippen LogP contribution in [-0.2, 0) is 11.3 Å². The minimum absolute atomic E-state index is 0.360. The van der Waals surface area contributed by atoms with E-state index in [2.05, 4.69) is 4.98 Å². The van der Waals surface area contributed by atoms with E-state index in [4.69, 9.17) is 4.74 Å². The second kappa shape index (κ2) is 6.57. The number of hydrogen-bond acceptors (Lipinski definition) is 4. The van der Waals surface area contributed by atoms with Gasteiger partial charge in [0.1, 0.15) is 3.70 Å². The highest BCUT2D eigenvalue weighted by atomic mass is 127. The van der Waals surface area contributed by atoms with E-state index in [1.54, 1.807) is 18.3 Å². The molecular weight excluding hydrogens is 383 g/mol. The average molecular weight is 400 g/mol. The van der Waals surface area contributed by atoms with E-state index in [-0.39, 0.29) is 0 Å². The number of carbonyl (C=O) groups is 1. The van der Waals surface area contributed by atoms with Gasteiger partial charge >= 0.3 is 5.97 Å². The summed E-state index contributed by atoms with van der Waals surface area (Å²) in [5, 5.41) is 10.3. The first-order valence-electron chi connectivity index (χ1n) is 6.51. The zero-order valence-electron chi connectivity index (χ0n) is 11.9. The van der Waals surface area contributed by atoms with E-state index < -0.39 is 17.5 Å². The fourth-order valence-electron chi connectivity index (χ4n) is 1.96. The molecule has 0 aliphatic carbocycles. The number of ether oxygens (including phenoxy) is 1. The van der Waals surface area contributed by atoms with Crippen LogP contribution in [0.15, 0.2) is 42.9 Å². The summed E-state index contributed by atoms with van der Waals surface area (Å²) in [6.45, 7) is 4.17. The fourth-order valence-corrected chi connectivity index (χ4v) is 2.41. The predicted molar refractivity (Wildman–Crippen MR) is 86.8 cm³/mol. The Balaban J connectivity index is 2.06. The van der Waals surface area contributed by atoms with Gasteiger partial charge < -0.3 is 14.4 Å². The molecule has 1 N–H and O–H groups in total. The van der Waals surface area contributed by atoms with Crippen LogP contribution in [-0.4, -0.2) is 26.7 Å². The number of pyridine rings is 1. The molecule has 0 fully saturated rings. The van der Waals surface area contributed by atoms with Crippen molar-refractivity contribution in [3.8, 4) is 5.75 Å². The molecule has 0 spiro atoms. The largest absolute Gasteiger partial charge is 0.422 e. The molecule has 0 aliphatic rings. The molecule has 0 saturated carbocycles. The molecule has 2 aromatic rings. The molecule has 0 saturated heterocycles. The molecule has 21 heavy (non-hydrogen) atoms. The van der Waals surface area contributed by atoms with Crippen LogP contribution in [0, 0.1) is 9.12 Å². The van der Waals surface area contributed by atoms with Gasteiger partial charge in [-0.3, -0.25) is 0 Å². The Morgan fingerprint density at radius 1 is 1.43 bits per heavy atom. The van der Waals surface area contributed by atoms with Crippen LogP contribution in [0.25, 0.3) is 0 Å². The summed E-state index contributed by atoms with van der Waals surface area (Å²) >= 11 is 1.98. The van der Waals surface area contributed by atoms with Gasteiger partial charge in [-0.25, -0.2) is 9.78 Å². The molecular formula is C15H17IN2O3. The molecule has 0 aromatic carbocycles. The maximum absolute atomic E-state index is 12.1. The summed E-state index contributed by atoms with van der Waals surface area (Å²) in [5.74, 6) is -0.308. The first kappa shape index (κ1) is 16.0. The Bertz CT molecular complexity index is 611. The Morgan fingerprint density at radius 2 is 2.10 bits per heavy atom. The monoisotopic (exact) mass is 400 g/mol. The second-order valence-corrected chi connectivity index (χ2v) is 6.48. The summed E-state index contributed by atoms with van der Waals surface area (Å²) in [7, 11) is 0. The minimum Gasteiger partial charge on any atom is -0.422 e. The van der Waals surface area contributed by atoms with Gasteiger partial charge in [-0.15, -0.1) is 0 Å². The van der Waals surface area contributed by atoms with Crippen molar-refractivity contribution in [2.45, 2.75) is 26.5 Å². The highest BCUT2D eigenvalue weighted by molar-refractivity contribution is 14.1. The quantitative estimate of drug-likeness (QED) is 0.476. The number of esters is 1. The highest BCUT2D eigenvalue weighted by Gasteiger charge is 2.35. The third-order valence-corrected chi connectivity index (χ3v) is 3.97. The summed E-state index contributed by atoms with van der Waals surface area (Å²) in [6.07, 6.45) is 4.18. The van der Waals surface area contributed by atoms with E-state index in [0.717, 1.165) is 0 Å². The van der Waals surface area contributed by atoms with Gasteiger partial charge in [0.25, 0.3) is 0 Å². The molecule has 6 heteroatoms. The number of nitrogens with zero attached hydrogens (tertiary/aromatic N) is 2. The summed E-state index contributed by atoms with van der Waals surface area (Å²) < 4.78 is 7.75. The topological polar surface area (TPSA) is 64.4 Å². The van der Waals surface area contributed by atoms with Gasteiger partial charge in [0.05, 0.1) is 0 Å². The lowest BCUT2D eigenvalue weighted by atomic mass is 9.86. The maximum atomic E-state index is 12.1. The molecule has 0 amide bonds. The van der Waals surface area contributed by atoms with Crippen molar-refractivity contribution in [3.63, 3.8) is 0 Å². The summed E-state index contributed by atoms with van der Waals surface area (Å²) in [4.78, 5) is 16.2. The van der Waals surface area contributed by atoms with E-state index in [1.807, 2.05) is 65.5 Å². The maximum Gasteiger partial charge on any atom is 0.341 e. The summed E-state index contributed by atoms with van der Waals surface area (Å²) in [5.41, 5.74) is -0.649. The standard InChI is InChI=1S/C15H17IN2O3/c1-15(2,10-18-8-3-4-9-18)12(19)14(20)21-11-6-5-7-17-13(11)16/h3-9,12,19H,10H2,1-2H3. The first-order valence-corrected chi connectivity index (χ1v) is 7.59. The number of rotatable bonds is 5. The van der Waals surface area contributed by atoms with E-state index >= 15 is 0 Å². The predicted octanol–water partition coefficient (Wildman–Crippen LogP) is 2.48. The fraction of sp³-hybridized carbons (Fsp3) is 0.333. The number of aliphatic hydroxyl groups excluding tert-OH is 1. The molecule has 0 aliphatic heterocycles. The summed E-state index contributed by atoms with van der Waals surface area (Å²) in [6, 6.07) is 7.14. The van der Waals surface area contributed by atoms with Gasteiger partial charge in [0.2, 0.25) is 0 Å². The van der Waals surface area contributed by atoms with Crippen molar-refractivity contribution in [1.82, 2.24) is 9.55 Å².